The Morgan fingerprint density at radius 2 is 2.19 bits per heavy atom. The van der Waals surface area contributed by atoms with Crippen molar-refractivity contribution in [2.24, 2.45) is 5.92 Å². The van der Waals surface area contributed by atoms with Crippen molar-refractivity contribution in [3.05, 3.63) is 45.4 Å². The number of halogens is 2. The molecule has 1 N–H and O–H groups in total. The van der Waals surface area contributed by atoms with Crippen LogP contribution in [0.1, 0.15) is 26.2 Å². The van der Waals surface area contributed by atoms with Crippen molar-refractivity contribution in [1.29, 1.82) is 0 Å². The Balaban J connectivity index is 2.09. The quantitative estimate of drug-likeness (QED) is 0.537. The first kappa shape index (κ1) is 18.4. The van der Waals surface area contributed by atoms with Crippen molar-refractivity contribution in [3.63, 3.8) is 0 Å². The summed E-state index contributed by atoms with van der Waals surface area (Å²) < 4.78 is 19.0. The molecule has 138 valence electrons. The largest absolute Gasteiger partial charge is 0.494 e. The van der Waals surface area contributed by atoms with Gasteiger partial charge in [-0.2, -0.15) is 0 Å². The predicted molar refractivity (Wildman–Crippen MR) is 98.3 cm³/mol. The maximum absolute atomic E-state index is 14.1. The molecule has 1 aromatic carbocycles. The zero-order valence-electron chi connectivity index (χ0n) is 14.5. The maximum Gasteiger partial charge on any atom is 0.319 e. The number of nitrogens with zero attached hydrogens (tertiary/aromatic N) is 2. The molecule has 1 aliphatic rings. The van der Waals surface area contributed by atoms with E-state index in [2.05, 4.69) is 10.3 Å². The van der Waals surface area contributed by atoms with E-state index < -0.39 is 10.7 Å². The Hall–Kier alpha value is -2.41. The fraction of sp³-hybridized carbons (Fsp3) is 0.389. The highest BCUT2D eigenvalue weighted by atomic mass is 35.5. The fourth-order valence-electron chi connectivity index (χ4n) is 3.08. The lowest BCUT2D eigenvalue weighted by atomic mass is 10.0. The number of nitrogens with one attached hydrogen (secondary N) is 1. The molecule has 26 heavy (non-hydrogen) atoms. The lowest BCUT2D eigenvalue weighted by Crippen LogP contribution is -2.22. The molecule has 1 atom stereocenters. The summed E-state index contributed by atoms with van der Waals surface area (Å²) in [6, 6.07) is 4.04. The number of aromatic nitrogens is 1. The average Bonchev–Trinajstić information content (AvgIpc) is 3.45. The second-order valence-corrected chi connectivity index (χ2v) is 6.68. The number of anilines is 1. The lowest BCUT2D eigenvalue weighted by molar-refractivity contribution is -0.383. The number of benzene rings is 1. The molecule has 1 unspecified atom stereocenters. The van der Waals surface area contributed by atoms with Gasteiger partial charge in [0.1, 0.15) is 0 Å². The first-order chi connectivity index (χ1) is 12.5. The summed E-state index contributed by atoms with van der Waals surface area (Å²) in [6.45, 7) is 2.03. The molecule has 8 heteroatoms. The summed E-state index contributed by atoms with van der Waals surface area (Å²) in [5, 5.41) is 15.1. The SMILES string of the molecule is CCC(Nc1nccc(-c2cc(F)c(OC)cc2Cl)c1[N+](=O)[O-])C1CC1. The Kier molecular flexibility index (Phi) is 5.27. The molecule has 1 fully saturated rings. The molecule has 1 aliphatic carbocycles. The molecule has 1 aromatic heterocycles. The molecular formula is C18H19ClFN3O3. The summed E-state index contributed by atoms with van der Waals surface area (Å²) >= 11 is 6.23. The lowest BCUT2D eigenvalue weighted by Gasteiger charge is -2.18. The summed E-state index contributed by atoms with van der Waals surface area (Å²) in [6.07, 6.45) is 4.51. The first-order valence-corrected chi connectivity index (χ1v) is 8.77. The standard InChI is InChI=1S/C18H19ClFN3O3/c1-3-15(10-4-5-10)22-18-17(23(24)25)11(6-7-21-18)12-8-14(20)16(26-2)9-13(12)19/h6-10,15H,3-5H2,1-2H3,(H,21,22). The zero-order chi connectivity index (χ0) is 18.8. The van der Waals surface area contributed by atoms with Crippen molar-refractivity contribution >= 4 is 23.1 Å². The van der Waals surface area contributed by atoms with Crippen LogP contribution in [0.5, 0.6) is 5.75 Å². The van der Waals surface area contributed by atoms with E-state index >= 15 is 0 Å². The van der Waals surface area contributed by atoms with Crippen LogP contribution in [0.3, 0.4) is 0 Å². The second kappa shape index (κ2) is 7.45. The third kappa shape index (κ3) is 3.58. The molecule has 0 aliphatic heterocycles. The topological polar surface area (TPSA) is 77.3 Å². The molecular weight excluding hydrogens is 361 g/mol. The molecule has 0 saturated heterocycles. The van der Waals surface area contributed by atoms with Gasteiger partial charge in [0, 0.05) is 23.9 Å². The van der Waals surface area contributed by atoms with Crippen LogP contribution in [0.4, 0.5) is 15.9 Å². The van der Waals surface area contributed by atoms with Gasteiger partial charge in [-0.05, 0) is 37.3 Å². The van der Waals surface area contributed by atoms with Crippen LogP contribution in [0.25, 0.3) is 11.1 Å². The van der Waals surface area contributed by atoms with E-state index in [0.717, 1.165) is 25.3 Å². The monoisotopic (exact) mass is 379 g/mol. The Morgan fingerprint density at radius 3 is 2.77 bits per heavy atom. The minimum Gasteiger partial charge on any atom is -0.494 e. The minimum absolute atomic E-state index is 0.0198. The highest BCUT2D eigenvalue weighted by molar-refractivity contribution is 6.33. The molecule has 0 spiro atoms. The van der Waals surface area contributed by atoms with E-state index in [4.69, 9.17) is 16.3 Å². The summed E-state index contributed by atoms with van der Waals surface area (Å²) in [5.74, 6) is 0.0242. The molecule has 6 nitrogen and oxygen atoms in total. The Labute approximate surface area is 155 Å². The van der Waals surface area contributed by atoms with Gasteiger partial charge in [0.25, 0.3) is 0 Å². The fourth-order valence-corrected chi connectivity index (χ4v) is 3.34. The number of hydrogen-bond donors (Lipinski definition) is 1. The number of methoxy groups -OCH3 is 1. The zero-order valence-corrected chi connectivity index (χ0v) is 15.2. The van der Waals surface area contributed by atoms with Gasteiger partial charge in [0.15, 0.2) is 11.6 Å². The van der Waals surface area contributed by atoms with Crippen LogP contribution in [0, 0.1) is 21.8 Å². The van der Waals surface area contributed by atoms with Gasteiger partial charge in [0.05, 0.1) is 22.6 Å². The number of rotatable bonds is 7. The number of nitro groups is 1. The van der Waals surface area contributed by atoms with E-state index in [1.807, 2.05) is 6.92 Å². The van der Waals surface area contributed by atoms with Gasteiger partial charge in [0.2, 0.25) is 5.82 Å². The molecule has 1 heterocycles. The summed E-state index contributed by atoms with van der Waals surface area (Å²) in [7, 11) is 1.33. The van der Waals surface area contributed by atoms with E-state index in [1.54, 1.807) is 0 Å². The van der Waals surface area contributed by atoms with Crippen LogP contribution >= 0.6 is 11.6 Å². The highest BCUT2D eigenvalue weighted by Crippen LogP contribution is 2.42. The van der Waals surface area contributed by atoms with Gasteiger partial charge in [-0.15, -0.1) is 0 Å². The van der Waals surface area contributed by atoms with Crippen molar-refractivity contribution in [3.8, 4) is 16.9 Å². The van der Waals surface area contributed by atoms with Crippen LogP contribution in [-0.4, -0.2) is 23.1 Å². The smallest absolute Gasteiger partial charge is 0.319 e. The molecule has 1 saturated carbocycles. The van der Waals surface area contributed by atoms with Crippen LogP contribution < -0.4 is 10.1 Å². The molecule has 0 amide bonds. The van der Waals surface area contributed by atoms with Crippen LogP contribution in [0.2, 0.25) is 5.02 Å². The Morgan fingerprint density at radius 1 is 1.46 bits per heavy atom. The van der Waals surface area contributed by atoms with Crippen LogP contribution in [-0.2, 0) is 0 Å². The van der Waals surface area contributed by atoms with Gasteiger partial charge in [-0.25, -0.2) is 9.37 Å². The van der Waals surface area contributed by atoms with Gasteiger partial charge < -0.3 is 10.1 Å². The molecule has 0 radical (unpaired) electrons. The van der Waals surface area contributed by atoms with Crippen molar-refractivity contribution in [2.75, 3.05) is 12.4 Å². The minimum atomic E-state index is -0.642. The van der Waals surface area contributed by atoms with Gasteiger partial charge in [-0.3, -0.25) is 10.1 Å². The summed E-state index contributed by atoms with van der Waals surface area (Å²) in [4.78, 5) is 15.4. The number of pyridine rings is 1. The van der Waals surface area contributed by atoms with Gasteiger partial charge >= 0.3 is 5.69 Å². The van der Waals surface area contributed by atoms with Crippen LogP contribution in [0.15, 0.2) is 24.4 Å². The normalized spacial score (nSPS) is 14.8. The predicted octanol–water partition coefficient (Wildman–Crippen LogP) is 5.06. The summed E-state index contributed by atoms with van der Waals surface area (Å²) in [5.41, 5.74) is 0.226. The highest BCUT2D eigenvalue weighted by Gasteiger charge is 2.33. The molecule has 2 aromatic rings. The molecule has 0 bridgehead atoms. The number of hydrogen-bond acceptors (Lipinski definition) is 5. The number of ether oxygens (including phenoxy) is 1. The third-order valence-corrected chi connectivity index (χ3v) is 4.90. The molecule has 3 rings (SSSR count). The van der Waals surface area contributed by atoms with E-state index in [-0.39, 0.29) is 39.4 Å². The van der Waals surface area contributed by atoms with E-state index in [9.17, 15) is 14.5 Å². The van der Waals surface area contributed by atoms with Crippen molar-refractivity contribution in [1.82, 2.24) is 4.98 Å². The Bertz CT molecular complexity index is 843. The second-order valence-electron chi connectivity index (χ2n) is 6.28. The van der Waals surface area contributed by atoms with E-state index in [0.29, 0.717) is 5.92 Å². The van der Waals surface area contributed by atoms with Crippen molar-refractivity contribution < 1.29 is 14.1 Å². The van der Waals surface area contributed by atoms with Gasteiger partial charge in [-0.1, -0.05) is 18.5 Å². The van der Waals surface area contributed by atoms with E-state index in [1.165, 1.54) is 25.4 Å². The first-order valence-electron chi connectivity index (χ1n) is 8.39. The van der Waals surface area contributed by atoms with Crippen molar-refractivity contribution in [2.45, 2.75) is 32.2 Å². The third-order valence-electron chi connectivity index (χ3n) is 4.59. The average molecular weight is 380 g/mol. The maximum atomic E-state index is 14.1.